The fraction of sp³-hybridized carbons (Fsp3) is 0.733. The van der Waals surface area contributed by atoms with Crippen molar-refractivity contribution in [2.24, 2.45) is 11.3 Å². The third-order valence-corrected chi connectivity index (χ3v) is 4.27. The van der Waals surface area contributed by atoms with Gasteiger partial charge in [0.15, 0.2) is 0 Å². The van der Waals surface area contributed by atoms with E-state index < -0.39 is 0 Å². The highest BCUT2D eigenvalue weighted by molar-refractivity contribution is 5.35. The van der Waals surface area contributed by atoms with E-state index in [1.54, 1.807) is 11.1 Å². The largest absolute Gasteiger partial charge is 0.389 e. The SMILES string of the molecule is C/C1=C/C(O)CC(C)C2=C(CC1)C(C)(C)C2. The van der Waals surface area contributed by atoms with E-state index in [9.17, 15) is 5.11 Å². The zero-order valence-electron chi connectivity index (χ0n) is 11.0. The Morgan fingerprint density at radius 3 is 2.62 bits per heavy atom. The molecule has 16 heavy (non-hydrogen) atoms. The second kappa shape index (κ2) is 4.03. The minimum atomic E-state index is -0.245. The number of allylic oxidation sites excluding steroid dienone is 3. The second-order valence-corrected chi connectivity index (χ2v) is 6.28. The Balaban J connectivity index is 2.26. The highest BCUT2D eigenvalue weighted by Crippen LogP contribution is 2.52. The van der Waals surface area contributed by atoms with Crippen molar-refractivity contribution in [3.05, 3.63) is 22.8 Å². The predicted octanol–water partition coefficient (Wildman–Crippen LogP) is 3.84. The molecule has 0 heterocycles. The van der Waals surface area contributed by atoms with Crippen LogP contribution in [-0.4, -0.2) is 11.2 Å². The Morgan fingerprint density at radius 1 is 1.31 bits per heavy atom. The molecular weight excluding hydrogens is 196 g/mol. The van der Waals surface area contributed by atoms with Crippen LogP contribution in [0.1, 0.15) is 53.4 Å². The minimum Gasteiger partial charge on any atom is -0.389 e. The molecule has 0 spiro atoms. The van der Waals surface area contributed by atoms with Crippen molar-refractivity contribution in [2.75, 3.05) is 0 Å². The summed E-state index contributed by atoms with van der Waals surface area (Å²) in [5.74, 6) is 0.556. The van der Waals surface area contributed by atoms with Crippen molar-refractivity contribution in [1.29, 1.82) is 0 Å². The van der Waals surface area contributed by atoms with Crippen LogP contribution in [0, 0.1) is 11.3 Å². The van der Waals surface area contributed by atoms with Crippen LogP contribution < -0.4 is 0 Å². The van der Waals surface area contributed by atoms with E-state index in [1.165, 1.54) is 18.4 Å². The normalized spacial score (nSPS) is 37.4. The smallest absolute Gasteiger partial charge is 0.0729 e. The lowest BCUT2D eigenvalue weighted by Gasteiger charge is -2.44. The van der Waals surface area contributed by atoms with E-state index in [0.29, 0.717) is 11.3 Å². The summed E-state index contributed by atoms with van der Waals surface area (Å²) in [5.41, 5.74) is 5.06. The molecule has 2 aliphatic rings. The molecule has 0 saturated carbocycles. The first-order valence-electron chi connectivity index (χ1n) is 6.48. The first-order chi connectivity index (χ1) is 7.40. The van der Waals surface area contributed by atoms with Crippen LogP contribution in [0.15, 0.2) is 22.8 Å². The summed E-state index contributed by atoms with van der Waals surface area (Å²) < 4.78 is 0. The first-order valence-corrected chi connectivity index (χ1v) is 6.48. The number of aliphatic hydroxyl groups is 1. The maximum Gasteiger partial charge on any atom is 0.0729 e. The van der Waals surface area contributed by atoms with Gasteiger partial charge in [-0.05, 0) is 43.9 Å². The van der Waals surface area contributed by atoms with Gasteiger partial charge in [0.1, 0.15) is 0 Å². The van der Waals surface area contributed by atoms with Gasteiger partial charge in [-0.2, -0.15) is 0 Å². The Bertz CT molecular complexity index is 346. The van der Waals surface area contributed by atoms with E-state index in [2.05, 4.69) is 33.8 Å². The van der Waals surface area contributed by atoms with E-state index in [4.69, 9.17) is 0 Å². The van der Waals surface area contributed by atoms with Gasteiger partial charge in [0.2, 0.25) is 0 Å². The molecule has 0 fully saturated rings. The summed E-state index contributed by atoms with van der Waals surface area (Å²) in [6.07, 6.45) is 6.25. The maximum atomic E-state index is 9.94. The molecule has 0 aromatic carbocycles. The van der Waals surface area contributed by atoms with Crippen LogP contribution in [0.4, 0.5) is 0 Å². The van der Waals surface area contributed by atoms with E-state index in [1.807, 2.05) is 0 Å². The highest BCUT2D eigenvalue weighted by Gasteiger charge is 2.38. The van der Waals surface area contributed by atoms with Gasteiger partial charge in [-0.15, -0.1) is 0 Å². The van der Waals surface area contributed by atoms with Gasteiger partial charge in [-0.3, -0.25) is 0 Å². The Morgan fingerprint density at radius 2 is 2.00 bits per heavy atom. The van der Waals surface area contributed by atoms with Crippen LogP contribution in [0.5, 0.6) is 0 Å². The van der Waals surface area contributed by atoms with Crippen molar-refractivity contribution >= 4 is 0 Å². The van der Waals surface area contributed by atoms with E-state index in [-0.39, 0.29) is 6.10 Å². The summed E-state index contributed by atoms with van der Waals surface area (Å²) in [7, 11) is 0. The van der Waals surface area contributed by atoms with Crippen molar-refractivity contribution in [2.45, 2.75) is 59.5 Å². The Labute approximate surface area is 99.3 Å². The van der Waals surface area contributed by atoms with Gasteiger partial charge in [-0.1, -0.05) is 43.6 Å². The summed E-state index contributed by atoms with van der Waals surface area (Å²) in [6, 6.07) is 0. The van der Waals surface area contributed by atoms with Crippen LogP contribution in [0.3, 0.4) is 0 Å². The average Bonchev–Trinajstić information content (AvgIpc) is 2.16. The molecule has 0 saturated heterocycles. The molecular formula is C15H24O. The third kappa shape index (κ3) is 2.10. The van der Waals surface area contributed by atoms with Gasteiger partial charge in [-0.25, -0.2) is 0 Å². The minimum absolute atomic E-state index is 0.245. The molecule has 0 aliphatic heterocycles. The first kappa shape index (κ1) is 11.9. The topological polar surface area (TPSA) is 20.2 Å². The van der Waals surface area contributed by atoms with Crippen molar-refractivity contribution in [1.82, 2.24) is 0 Å². The fourth-order valence-electron chi connectivity index (χ4n) is 3.29. The molecule has 2 unspecified atom stereocenters. The quantitative estimate of drug-likeness (QED) is 0.615. The maximum absolute atomic E-state index is 9.94. The molecule has 1 heteroatoms. The molecule has 0 bridgehead atoms. The molecule has 0 aromatic rings. The lowest BCUT2D eigenvalue weighted by molar-refractivity contribution is 0.190. The van der Waals surface area contributed by atoms with Crippen LogP contribution >= 0.6 is 0 Å². The standard InChI is InChI=1S/C15H24O/c1-10-5-6-14-13(9-15(14,3)4)11(2)8-12(16)7-10/h7,11-12,16H,5-6,8-9H2,1-4H3/b10-7-. The number of aliphatic hydroxyl groups excluding tert-OH is 1. The number of rotatable bonds is 0. The monoisotopic (exact) mass is 220 g/mol. The van der Waals surface area contributed by atoms with Crippen LogP contribution in [0.25, 0.3) is 0 Å². The predicted molar refractivity (Wildman–Crippen MR) is 68.2 cm³/mol. The average molecular weight is 220 g/mol. The van der Waals surface area contributed by atoms with Crippen molar-refractivity contribution in [3.63, 3.8) is 0 Å². The van der Waals surface area contributed by atoms with Gasteiger partial charge in [0.05, 0.1) is 6.10 Å². The van der Waals surface area contributed by atoms with Gasteiger partial charge >= 0.3 is 0 Å². The molecule has 2 rings (SSSR count). The molecule has 1 N–H and O–H groups in total. The molecule has 2 aliphatic carbocycles. The molecule has 1 nitrogen and oxygen atoms in total. The summed E-state index contributed by atoms with van der Waals surface area (Å²) >= 11 is 0. The summed E-state index contributed by atoms with van der Waals surface area (Å²) in [6.45, 7) is 9.12. The zero-order chi connectivity index (χ0) is 11.9. The van der Waals surface area contributed by atoms with Gasteiger partial charge < -0.3 is 5.11 Å². The molecule has 2 atom stereocenters. The number of hydrogen-bond donors (Lipinski definition) is 1. The molecule has 0 aromatic heterocycles. The fourth-order valence-corrected chi connectivity index (χ4v) is 3.29. The van der Waals surface area contributed by atoms with Gasteiger partial charge in [0.25, 0.3) is 0 Å². The molecule has 0 radical (unpaired) electrons. The third-order valence-electron chi connectivity index (χ3n) is 4.27. The summed E-state index contributed by atoms with van der Waals surface area (Å²) in [5, 5.41) is 9.94. The Kier molecular flexibility index (Phi) is 3.00. The second-order valence-electron chi connectivity index (χ2n) is 6.28. The summed E-state index contributed by atoms with van der Waals surface area (Å²) in [4.78, 5) is 0. The van der Waals surface area contributed by atoms with Crippen LogP contribution in [0.2, 0.25) is 0 Å². The van der Waals surface area contributed by atoms with Crippen molar-refractivity contribution < 1.29 is 5.11 Å². The lowest BCUT2D eigenvalue weighted by Crippen LogP contribution is -2.31. The Hall–Kier alpha value is -0.560. The van der Waals surface area contributed by atoms with E-state index in [0.717, 1.165) is 12.8 Å². The zero-order valence-corrected chi connectivity index (χ0v) is 11.0. The van der Waals surface area contributed by atoms with E-state index >= 15 is 0 Å². The van der Waals surface area contributed by atoms with Crippen LogP contribution in [-0.2, 0) is 0 Å². The number of hydrogen-bond acceptors (Lipinski definition) is 1. The van der Waals surface area contributed by atoms with Gasteiger partial charge in [0, 0.05) is 0 Å². The van der Waals surface area contributed by atoms with Crippen molar-refractivity contribution in [3.8, 4) is 0 Å². The molecule has 0 amide bonds. The highest BCUT2D eigenvalue weighted by atomic mass is 16.3. The lowest BCUT2D eigenvalue weighted by atomic mass is 9.61. The molecule has 90 valence electrons.